The number of amides is 1. The third kappa shape index (κ3) is 5.68. The van der Waals surface area contributed by atoms with Crippen LogP contribution >= 0.6 is 0 Å². The minimum Gasteiger partial charge on any atom is -0.452 e. The highest BCUT2D eigenvalue weighted by molar-refractivity contribution is 5.91. The molecule has 2 rings (SSSR count). The van der Waals surface area contributed by atoms with E-state index in [-0.39, 0.29) is 12.5 Å². The number of aromatic nitrogens is 3. The lowest BCUT2D eigenvalue weighted by Gasteiger charge is -2.26. The standard InChI is InChI=1S/C19H26N4O3/c1-14(2)9-22(10-15(3)4)18(24)11-26-19(25)16-5-7-17(8-6-16)23-13-20-12-21-23/h5-8,12-15H,9-11H2,1-4H3. The summed E-state index contributed by atoms with van der Waals surface area (Å²) in [5.41, 5.74) is 1.18. The molecule has 0 bridgehead atoms. The summed E-state index contributed by atoms with van der Waals surface area (Å²) in [5, 5.41) is 4.03. The summed E-state index contributed by atoms with van der Waals surface area (Å²) in [6.07, 6.45) is 3.01. The van der Waals surface area contributed by atoms with Crippen LogP contribution in [0.15, 0.2) is 36.9 Å². The second kappa shape index (κ2) is 9.12. The minimum absolute atomic E-state index is 0.167. The normalized spacial score (nSPS) is 11.0. The maximum atomic E-state index is 12.4. The van der Waals surface area contributed by atoms with E-state index in [0.29, 0.717) is 30.5 Å². The molecule has 1 amide bonds. The number of benzene rings is 1. The number of rotatable bonds is 8. The molecule has 0 N–H and O–H groups in total. The Balaban J connectivity index is 1.93. The summed E-state index contributed by atoms with van der Waals surface area (Å²) in [6, 6.07) is 6.78. The number of hydrogen-bond donors (Lipinski definition) is 0. The fourth-order valence-corrected chi connectivity index (χ4v) is 2.55. The average molecular weight is 358 g/mol. The Labute approximate surface area is 154 Å². The van der Waals surface area contributed by atoms with Crippen molar-refractivity contribution in [2.45, 2.75) is 27.7 Å². The second-order valence-electron chi connectivity index (χ2n) is 7.05. The zero-order chi connectivity index (χ0) is 19.1. The molecule has 0 atom stereocenters. The van der Waals surface area contributed by atoms with Crippen LogP contribution in [0.1, 0.15) is 38.1 Å². The molecule has 1 aromatic heterocycles. The lowest BCUT2D eigenvalue weighted by atomic mass is 10.1. The molecule has 1 heterocycles. The van der Waals surface area contributed by atoms with Gasteiger partial charge in [-0.25, -0.2) is 14.5 Å². The van der Waals surface area contributed by atoms with Gasteiger partial charge in [0.1, 0.15) is 12.7 Å². The molecule has 0 unspecified atom stereocenters. The molecular weight excluding hydrogens is 332 g/mol. The summed E-state index contributed by atoms with van der Waals surface area (Å²) in [5.74, 6) is 0.0352. The zero-order valence-electron chi connectivity index (χ0n) is 15.8. The SMILES string of the molecule is CC(C)CN(CC(C)C)C(=O)COC(=O)c1ccc(-n2cncn2)cc1. The van der Waals surface area contributed by atoms with Gasteiger partial charge in [0.2, 0.25) is 0 Å². The van der Waals surface area contributed by atoms with Crippen LogP contribution in [0, 0.1) is 11.8 Å². The highest BCUT2D eigenvalue weighted by Gasteiger charge is 2.18. The Kier molecular flexibility index (Phi) is 6.89. The Bertz CT molecular complexity index is 699. The van der Waals surface area contributed by atoms with Gasteiger partial charge < -0.3 is 9.64 Å². The molecule has 0 spiro atoms. The molecule has 1 aromatic carbocycles. The van der Waals surface area contributed by atoms with Crippen LogP contribution in [0.2, 0.25) is 0 Å². The first-order valence-corrected chi connectivity index (χ1v) is 8.76. The topological polar surface area (TPSA) is 77.3 Å². The third-order valence-electron chi connectivity index (χ3n) is 3.64. The first kappa shape index (κ1) is 19.6. The van der Waals surface area contributed by atoms with Crippen LogP contribution in [0.4, 0.5) is 0 Å². The smallest absolute Gasteiger partial charge is 0.338 e. The van der Waals surface area contributed by atoms with Crippen LogP contribution in [-0.2, 0) is 9.53 Å². The van der Waals surface area contributed by atoms with Gasteiger partial charge in [0.05, 0.1) is 11.3 Å². The highest BCUT2D eigenvalue weighted by atomic mass is 16.5. The lowest BCUT2D eigenvalue weighted by molar-refractivity contribution is -0.135. The van der Waals surface area contributed by atoms with E-state index in [1.54, 1.807) is 40.2 Å². The predicted octanol–water partition coefficient (Wildman–Crippen LogP) is 2.56. The molecule has 0 aliphatic heterocycles. The Hall–Kier alpha value is -2.70. The average Bonchev–Trinajstić information content (AvgIpc) is 3.12. The van der Waals surface area contributed by atoms with Gasteiger partial charge in [0, 0.05) is 13.1 Å². The van der Waals surface area contributed by atoms with Crippen LogP contribution in [0.5, 0.6) is 0 Å². The first-order chi connectivity index (χ1) is 12.4. The van der Waals surface area contributed by atoms with Crippen molar-refractivity contribution in [3.8, 4) is 5.69 Å². The summed E-state index contributed by atoms with van der Waals surface area (Å²) in [7, 11) is 0. The van der Waals surface area contributed by atoms with Crippen molar-refractivity contribution in [2.75, 3.05) is 19.7 Å². The van der Waals surface area contributed by atoms with Crippen molar-refractivity contribution in [3.63, 3.8) is 0 Å². The number of hydrogen-bond acceptors (Lipinski definition) is 5. The van der Waals surface area contributed by atoms with Crippen LogP contribution < -0.4 is 0 Å². The lowest BCUT2D eigenvalue weighted by Crippen LogP contribution is -2.39. The van der Waals surface area contributed by atoms with Gasteiger partial charge in [0.15, 0.2) is 6.61 Å². The van der Waals surface area contributed by atoms with E-state index >= 15 is 0 Å². The minimum atomic E-state index is -0.516. The molecule has 0 aliphatic carbocycles. The quantitative estimate of drug-likeness (QED) is 0.678. The van der Waals surface area contributed by atoms with Crippen molar-refractivity contribution in [2.24, 2.45) is 11.8 Å². The molecule has 2 aromatic rings. The zero-order valence-corrected chi connectivity index (χ0v) is 15.8. The molecule has 0 saturated heterocycles. The summed E-state index contributed by atoms with van der Waals surface area (Å²) >= 11 is 0. The molecule has 0 radical (unpaired) electrons. The van der Waals surface area contributed by atoms with E-state index in [1.165, 1.54) is 6.33 Å². The predicted molar refractivity (Wildman–Crippen MR) is 97.9 cm³/mol. The number of carbonyl (C=O) groups excluding carboxylic acids is 2. The van der Waals surface area contributed by atoms with Gasteiger partial charge in [-0.15, -0.1) is 0 Å². The van der Waals surface area contributed by atoms with Crippen molar-refractivity contribution in [1.82, 2.24) is 19.7 Å². The summed E-state index contributed by atoms with van der Waals surface area (Å²) < 4.78 is 6.79. The van der Waals surface area contributed by atoms with Gasteiger partial charge in [0.25, 0.3) is 5.91 Å². The van der Waals surface area contributed by atoms with Gasteiger partial charge in [-0.3, -0.25) is 4.79 Å². The van der Waals surface area contributed by atoms with E-state index in [0.717, 1.165) is 5.69 Å². The van der Waals surface area contributed by atoms with E-state index in [1.807, 2.05) is 0 Å². The fourth-order valence-electron chi connectivity index (χ4n) is 2.55. The summed E-state index contributed by atoms with van der Waals surface area (Å²) in [6.45, 7) is 9.30. The van der Waals surface area contributed by atoms with E-state index in [9.17, 15) is 9.59 Å². The monoisotopic (exact) mass is 358 g/mol. The van der Waals surface area contributed by atoms with Gasteiger partial charge in [-0.05, 0) is 36.1 Å². The Morgan fingerprint density at radius 1 is 1.08 bits per heavy atom. The largest absolute Gasteiger partial charge is 0.452 e. The maximum Gasteiger partial charge on any atom is 0.338 e. The van der Waals surface area contributed by atoms with Gasteiger partial charge >= 0.3 is 5.97 Å². The van der Waals surface area contributed by atoms with Crippen molar-refractivity contribution in [3.05, 3.63) is 42.5 Å². The molecular formula is C19H26N4O3. The second-order valence-corrected chi connectivity index (χ2v) is 7.05. The Morgan fingerprint density at radius 3 is 2.19 bits per heavy atom. The van der Waals surface area contributed by atoms with Crippen LogP contribution in [0.25, 0.3) is 5.69 Å². The first-order valence-electron chi connectivity index (χ1n) is 8.76. The fraction of sp³-hybridized carbons (Fsp3) is 0.474. The number of nitrogens with zero attached hydrogens (tertiary/aromatic N) is 4. The van der Waals surface area contributed by atoms with Crippen molar-refractivity contribution in [1.29, 1.82) is 0 Å². The van der Waals surface area contributed by atoms with Crippen molar-refractivity contribution >= 4 is 11.9 Å². The van der Waals surface area contributed by atoms with E-state index in [2.05, 4.69) is 37.8 Å². The summed E-state index contributed by atoms with van der Waals surface area (Å²) in [4.78, 5) is 30.2. The molecule has 0 saturated carbocycles. The molecule has 7 heteroatoms. The van der Waals surface area contributed by atoms with Gasteiger partial charge in [-0.1, -0.05) is 27.7 Å². The number of esters is 1. The molecule has 7 nitrogen and oxygen atoms in total. The Morgan fingerprint density at radius 2 is 1.69 bits per heavy atom. The molecule has 26 heavy (non-hydrogen) atoms. The van der Waals surface area contributed by atoms with Crippen molar-refractivity contribution < 1.29 is 14.3 Å². The van der Waals surface area contributed by atoms with Gasteiger partial charge in [-0.2, -0.15) is 5.10 Å². The maximum absolute atomic E-state index is 12.4. The number of carbonyl (C=O) groups is 2. The highest BCUT2D eigenvalue weighted by Crippen LogP contribution is 2.10. The van der Waals surface area contributed by atoms with Crippen LogP contribution in [-0.4, -0.2) is 51.2 Å². The molecule has 0 fully saturated rings. The van der Waals surface area contributed by atoms with E-state index < -0.39 is 5.97 Å². The van der Waals surface area contributed by atoms with E-state index in [4.69, 9.17) is 4.74 Å². The molecule has 140 valence electrons. The molecule has 0 aliphatic rings. The van der Waals surface area contributed by atoms with Crippen LogP contribution in [0.3, 0.4) is 0 Å². The number of ether oxygens (including phenoxy) is 1. The third-order valence-corrected chi connectivity index (χ3v) is 3.64.